The van der Waals surface area contributed by atoms with Crippen LogP contribution in [0.4, 0.5) is 0 Å². The maximum atomic E-state index is 10.1. The van der Waals surface area contributed by atoms with Gasteiger partial charge in [0.05, 0.1) is 5.60 Å². The summed E-state index contributed by atoms with van der Waals surface area (Å²) in [5.41, 5.74) is 0.863. The summed E-state index contributed by atoms with van der Waals surface area (Å²) >= 11 is 0. The van der Waals surface area contributed by atoms with Crippen molar-refractivity contribution < 1.29 is 5.11 Å². The lowest BCUT2D eigenvalue weighted by Gasteiger charge is -2.19. The van der Waals surface area contributed by atoms with Crippen molar-refractivity contribution in [3.8, 4) is 0 Å². The van der Waals surface area contributed by atoms with Gasteiger partial charge in [-0.15, -0.1) is 6.58 Å². The molecule has 1 nitrogen and oxygen atoms in total. The zero-order chi connectivity index (χ0) is 9.73. The van der Waals surface area contributed by atoms with Gasteiger partial charge in [0.25, 0.3) is 0 Å². The zero-order valence-electron chi connectivity index (χ0n) is 8.55. The van der Waals surface area contributed by atoms with Crippen LogP contribution < -0.4 is 0 Å². The average molecular weight is 180 g/mol. The van der Waals surface area contributed by atoms with E-state index in [0.717, 1.165) is 38.5 Å². The molecule has 1 heteroatoms. The maximum absolute atomic E-state index is 10.1. The molecule has 0 fully saturated rings. The predicted molar refractivity (Wildman–Crippen MR) is 56.6 cm³/mol. The van der Waals surface area contributed by atoms with E-state index in [1.807, 2.05) is 6.08 Å². The minimum Gasteiger partial charge on any atom is -0.386 e. The highest BCUT2D eigenvalue weighted by Crippen LogP contribution is 2.33. The molecule has 0 heterocycles. The molecule has 0 aromatic rings. The number of rotatable bonds is 5. The molecule has 13 heavy (non-hydrogen) atoms. The van der Waals surface area contributed by atoms with E-state index in [4.69, 9.17) is 0 Å². The van der Waals surface area contributed by atoms with E-state index in [2.05, 4.69) is 19.6 Å². The van der Waals surface area contributed by atoms with Crippen molar-refractivity contribution >= 4 is 0 Å². The highest BCUT2D eigenvalue weighted by atomic mass is 16.3. The van der Waals surface area contributed by atoms with Crippen LogP contribution in [-0.4, -0.2) is 10.7 Å². The lowest BCUT2D eigenvalue weighted by molar-refractivity contribution is 0.0790. The minimum atomic E-state index is -0.492. The molecule has 1 aliphatic carbocycles. The molecule has 0 saturated heterocycles. The third kappa shape index (κ3) is 3.00. The van der Waals surface area contributed by atoms with Crippen molar-refractivity contribution in [3.63, 3.8) is 0 Å². The quantitative estimate of drug-likeness (QED) is 0.644. The van der Waals surface area contributed by atoms with Crippen molar-refractivity contribution in [2.45, 2.75) is 51.0 Å². The van der Waals surface area contributed by atoms with Gasteiger partial charge in [-0.1, -0.05) is 37.5 Å². The number of hydrogen-bond donors (Lipinski definition) is 1. The Morgan fingerprint density at radius 1 is 1.69 bits per heavy atom. The van der Waals surface area contributed by atoms with Crippen molar-refractivity contribution in [1.29, 1.82) is 0 Å². The third-order valence-corrected chi connectivity index (χ3v) is 2.72. The van der Waals surface area contributed by atoms with E-state index in [-0.39, 0.29) is 0 Å². The van der Waals surface area contributed by atoms with Gasteiger partial charge < -0.3 is 5.11 Å². The predicted octanol–water partition coefficient (Wildman–Crippen LogP) is 3.20. The molecule has 1 unspecified atom stereocenters. The van der Waals surface area contributed by atoms with Crippen LogP contribution in [0.5, 0.6) is 0 Å². The van der Waals surface area contributed by atoms with Gasteiger partial charge in [-0.3, -0.25) is 0 Å². The van der Waals surface area contributed by atoms with Gasteiger partial charge in [0, 0.05) is 0 Å². The Labute approximate surface area is 81.2 Å². The summed E-state index contributed by atoms with van der Waals surface area (Å²) < 4.78 is 0. The van der Waals surface area contributed by atoms with Crippen LogP contribution in [-0.2, 0) is 0 Å². The van der Waals surface area contributed by atoms with Gasteiger partial charge in [0.15, 0.2) is 0 Å². The van der Waals surface area contributed by atoms with E-state index in [9.17, 15) is 5.11 Å². The highest BCUT2D eigenvalue weighted by molar-refractivity contribution is 5.20. The number of unbranched alkanes of at least 4 members (excludes halogenated alkanes) is 1. The highest BCUT2D eigenvalue weighted by Gasteiger charge is 2.28. The summed E-state index contributed by atoms with van der Waals surface area (Å²) in [5, 5.41) is 10.1. The van der Waals surface area contributed by atoms with Crippen LogP contribution in [0.3, 0.4) is 0 Å². The van der Waals surface area contributed by atoms with Gasteiger partial charge in [0.2, 0.25) is 0 Å². The smallest absolute Gasteiger partial charge is 0.0833 e. The topological polar surface area (TPSA) is 20.2 Å². The summed E-state index contributed by atoms with van der Waals surface area (Å²) in [5.74, 6) is 0. The van der Waals surface area contributed by atoms with Crippen LogP contribution in [0.25, 0.3) is 0 Å². The average Bonchev–Trinajstić information content (AvgIpc) is 2.46. The lowest BCUT2D eigenvalue weighted by atomic mass is 9.97. The van der Waals surface area contributed by atoms with Crippen LogP contribution in [0.2, 0.25) is 0 Å². The Kier molecular flexibility index (Phi) is 3.73. The van der Waals surface area contributed by atoms with Gasteiger partial charge in [0.1, 0.15) is 0 Å². The SMILES string of the molecule is C=CCC1=CC(O)(CCCC)CC1. The molecule has 0 radical (unpaired) electrons. The molecule has 0 aromatic carbocycles. The Balaban J connectivity index is 2.47. The molecule has 1 aliphatic rings. The molecule has 74 valence electrons. The molecule has 0 aromatic heterocycles. The first kappa shape index (κ1) is 10.5. The standard InChI is InChI=1S/C12H20O/c1-3-5-8-12(13)9-7-11(10-12)6-4-2/h4,10,13H,2-3,5-9H2,1H3. The molecule has 1 N–H and O–H groups in total. The lowest BCUT2D eigenvalue weighted by Crippen LogP contribution is -2.22. The molecule has 0 aliphatic heterocycles. The molecular weight excluding hydrogens is 160 g/mol. The second-order valence-electron chi connectivity index (χ2n) is 4.00. The summed E-state index contributed by atoms with van der Waals surface area (Å²) in [7, 11) is 0. The number of allylic oxidation sites excluding steroid dienone is 2. The van der Waals surface area contributed by atoms with Gasteiger partial charge in [-0.05, 0) is 25.7 Å². The normalized spacial score (nSPS) is 27.4. The Morgan fingerprint density at radius 2 is 2.46 bits per heavy atom. The molecule has 0 bridgehead atoms. The first-order valence-corrected chi connectivity index (χ1v) is 5.24. The van der Waals surface area contributed by atoms with E-state index < -0.39 is 5.60 Å². The summed E-state index contributed by atoms with van der Waals surface area (Å²) in [6, 6.07) is 0. The summed E-state index contributed by atoms with van der Waals surface area (Å²) in [6.45, 7) is 5.87. The second-order valence-corrected chi connectivity index (χ2v) is 4.00. The third-order valence-electron chi connectivity index (χ3n) is 2.72. The molecular formula is C12H20O. The molecule has 1 atom stereocenters. The molecule has 0 spiro atoms. The van der Waals surface area contributed by atoms with Gasteiger partial charge in [-0.2, -0.15) is 0 Å². The van der Waals surface area contributed by atoms with Crippen molar-refractivity contribution in [2.24, 2.45) is 0 Å². The zero-order valence-corrected chi connectivity index (χ0v) is 8.55. The van der Waals surface area contributed by atoms with Crippen LogP contribution >= 0.6 is 0 Å². The fourth-order valence-corrected chi connectivity index (χ4v) is 1.93. The van der Waals surface area contributed by atoms with Gasteiger partial charge >= 0.3 is 0 Å². The minimum absolute atomic E-state index is 0.492. The molecule has 0 saturated carbocycles. The van der Waals surface area contributed by atoms with E-state index in [1.54, 1.807) is 0 Å². The number of aliphatic hydroxyl groups is 1. The second kappa shape index (κ2) is 4.61. The fraction of sp³-hybridized carbons (Fsp3) is 0.667. The Bertz CT molecular complexity index is 205. The van der Waals surface area contributed by atoms with E-state index in [0.29, 0.717) is 0 Å². The number of hydrogen-bond acceptors (Lipinski definition) is 1. The van der Waals surface area contributed by atoms with Crippen LogP contribution in [0, 0.1) is 0 Å². The summed E-state index contributed by atoms with van der Waals surface area (Å²) in [4.78, 5) is 0. The maximum Gasteiger partial charge on any atom is 0.0833 e. The van der Waals surface area contributed by atoms with Crippen LogP contribution in [0.15, 0.2) is 24.3 Å². The largest absolute Gasteiger partial charge is 0.386 e. The Hall–Kier alpha value is -0.560. The molecule has 1 rings (SSSR count). The fourth-order valence-electron chi connectivity index (χ4n) is 1.93. The first-order valence-electron chi connectivity index (χ1n) is 5.24. The van der Waals surface area contributed by atoms with Crippen LogP contribution in [0.1, 0.15) is 45.4 Å². The van der Waals surface area contributed by atoms with Crippen molar-refractivity contribution in [3.05, 3.63) is 24.3 Å². The van der Waals surface area contributed by atoms with E-state index in [1.165, 1.54) is 5.57 Å². The molecule has 0 amide bonds. The first-order chi connectivity index (χ1) is 6.20. The summed E-state index contributed by atoms with van der Waals surface area (Å²) in [6.07, 6.45) is 10.1. The monoisotopic (exact) mass is 180 g/mol. The van der Waals surface area contributed by atoms with Crippen molar-refractivity contribution in [2.75, 3.05) is 0 Å². The Morgan fingerprint density at radius 3 is 3.08 bits per heavy atom. The van der Waals surface area contributed by atoms with E-state index >= 15 is 0 Å². The van der Waals surface area contributed by atoms with Crippen molar-refractivity contribution in [1.82, 2.24) is 0 Å². The van der Waals surface area contributed by atoms with Gasteiger partial charge in [-0.25, -0.2) is 0 Å².